The van der Waals surface area contributed by atoms with Crippen molar-refractivity contribution >= 4 is 50.8 Å². The van der Waals surface area contributed by atoms with Crippen LogP contribution in [0.4, 0.5) is 0 Å². The minimum Gasteiger partial charge on any atom is -0.872 e. The molecular formula is C23H15Cl2Na3O9S. The van der Waals surface area contributed by atoms with Crippen LogP contribution in [0.25, 0.3) is 5.57 Å². The number of aliphatic hydroxyl groups is 1. The number of rotatable bonds is 5. The van der Waals surface area contributed by atoms with Crippen LogP contribution in [0.2, 0.25) is 10.0 Å². The third-order valence-corrected chi connectivity index (χ3v) is 7.01. The van der Waals surface area contributed by atoms with Crippen molar-refractivity contribution < 1.29 is 132 Å². The molecule has 0 radical (unpaired) electrons. The number of aromatic carboxylic acids is 1. The Morgan fingerprint density at radius 3 is 2.11 bits per heavy atom. The maximum absolute atomic E-state index is 12.3. The van der Waals surface area contributed by atoms with Crippen molar-refractivity contribution in [2.24, 2.45) is 0 Å². The molecule has 9 nitrogen and oxygen atoms in total. The van der Waals surface area contributed by atoms with Crippen molar-refractivity contribution in [2.45, 2.75) is 24.8 Å². The third kappa shape index (κ3) is 7.77. The summed E-state index contributed by atoms with van der Waals surface area (Å²) in [6, 6.07) is 4.24. The largest absolute Gasteiger partial charge is 1.00 e. The smallest absolute Gasteiger partial charge is 0.872 e. The molecule has 0 aromatic heterocycles. The van der Waals surface area contributed by atoms with Gasteiger partial charge in [0, 0.05) is 11.1 Å². The molecule has 184 valence electrons. The Hall–Kier alpha value is -0.150. The van der Waals surface area contributed by atoms with Crippen molar-refractivity contribution in [3.8, 4) is 5.75 Å². The summed E-state index contributed by atoms with van der Waals surface area (Å²) >= 11 is 12.6. The van der Waals surface area contributed by atoms with Crippen LogP contribution in [-0.4, -0.2) is 41.2 Å². The SMILES string of the molecule is CC1=C/C(=C(\c2cc(C)c([O-])c(C(=O)O)c2)c2c(Cl)ccc(S(=O)(=O)[O-])c2Cl)C=C(C(=O)[O-])C1O.[Na+].[Na+].[Na+]. The van der Waals surface area contributed by atoms with Crippen molar-refractivity contribution in [1.82, 2.24) is 0 Å². The molecule has 1 atom stereocenters. The minimum atomic E-state index is -5.08. The summed E-state index contributed by atoms with van der Waals surface area (Å²) < 4.78 is 35.3. The first-order valence-electron chi connectivity index (χ1n) is 9.68. The molecule has 3 rings (SSSR count). The Labute approximate surface area is 294 Å². The van der Waals surface area contributed by atoms with Crippen molar-refractivity contribution in [3.05, 3.63) is 85.4 Å². The van der Waals surface area contributed by atoms with Gasteiger partial charge >= 0.3 is 94.6 Å². The molecule has 0 spiro atoms. The first-order valence-corrected chi connectivity index (χ1v) is 11.8. The van der Waals surface area contributed by atoms with Crippen molar-refractivity contribution in [1.29, 1.82) is 0 Å². The molecule has 38 heavy (non-hydrogen) atoms. The van der Waals surface area contributed by atoms with E-state index in [-0.39, 0.29) is 127 Å². The Kier molecular flexibility index (Phi) is 14.6. The van der Waals surface area contributed by atoms with E-state index in [2.05, 4.69) is 0 Å². The molecule has 1 aliphatic carbocycles. The van der Waals surface area contributed by atoms with Crippen LogP contribution in [0.3, 0.4) is 0 Å². The molecular weight excluding hydrogens is 592 g/mol. The number of aryl methyl sites for hydroxylation is 1. The monoisotopic (exact) mass is 606 g/mol. The summed E-state index contributed by atoms with van der Waals surface area (Å²) in [5, 5.41) is 42.9. The molecule has 0 fully saturated rings. The Balaban J connectivity index is 0.00000456. The molecule has 15 heteroatoms. The molecule has 1 aliphatic rings. The van der Waals surface area contributed by atoms with Crippen LogP contribution < -0.4 is 98.9 Å². The standard InChI is InChI=1S/C23H18Cl2O9S.3Na/c1-9-5-11(7-13(20(9)26)22(28)29)17(12-6-10(2)21(27)14(8-12)23(30)31)18-15(24)3-4-16(19(18)25)35(32,33)34;;;/h3-8,20,26-27H,1-2H3,(H,28,29)(H,30,31)(H,32,33,34);;;/q;3*+1/p-3/b17-11-;;;. The molecule has 0 aliphatic heterocycles. The summed E-state index contributed by atoms with van der Waals surface area (Å²) in [4.78, 5) is 22.5. The van der Waals surface area contributed by atoms with E-state index < -0.39 is 55.0 Å². The third-order valence-electron chi connectivity index (χ3n) is 5.31. The van der Waals surface area contributed by atoms with Gasteiger partial charge in [-0.05, 0) is 60.4 Å². The van der Waals surface area contributed by atoms with Crippen LogP contribution >= 0.6 is 23.2 Å². The Morgan fingerprint density at radius 2 is 1.61 bits per heavy atom. The number of benzene rings is 2. The minimum absolute atomic E-state index is 0. The predicted octanol–water partition coefficient (Wildman–Crippen LogP) is -7.21. The van der Waals surface area contributed by atoms with Gasteiger partial charge < -0.3 is 29.8 Å². The van der Waals surface area contributed by atoms with Gasteiger partial charge in [-0.25, -0.2) is 13.2 Å². The second-order valence-corrected chi connectivity index (χ2v) is 9.81. The second kappa shape index (κ2) is 14.7. The van der Waals surface area contributed by atoms with E-state index >= 15 is 0 Å². The zero-order valence-electron chi connectivity index (χ0n) is 21.0. The fourth-order valence-corrected chi connectivity index (χ4v) is 5.06. The van der Waals surface area contributed by atoms with E-state index in [1.54, 1.807) is 0 Å². The first kappa shape index (κ1) is 37.9. The van der Waals surface area contributed by atoms with Crippen LogP contribution in [-0.2, 0) is 14.9 Å². The summed E-state index contributed by atoms with van der Waals surface area (Å²) in [7, 11) is -5.08. The predicted molar refractivity (Wildman–Crippen MR) is 121 cm³/mol. The second-order valence-electron chi connectivity index (χ2n) is 7.67. The average molecular weight is 607 g/mol. The number of halogens is 2. The van der Waals surface area contributed by atoms with Crippen LogP contribution in [0, 0.1) is 6.92 Å². The molecule has 2 N–H and O–H groups in total. The molecule has 2 aromatic rings. The van der Waals surface area contributed by atoms with Crippen LogP contribution in [0.5, 0.6) is 5.75 Å². The van der Waals surface area contributed by atoms with Crippen LogP contribution in [0.15, 0.2) is 58.0 Å². The number of hydrogen-bond acceptors (Lipinski definition) is 8. The summed E-state index contributed by atoms with van der Waals surface area (Å²) in [5.74, 6) is -4.03. The Morgan fingerprint density at radius 1 is 1.03 bits per heavy atom. The first-order chi connectivity index (χ1) is 16.1. The van der Waals surface area contributed by atoms with Gasteiger partial charge in [0.1, 0.15) is 16.2 Å². The van der Waals surface area contributed by atoms with Gasteiger partial charge in [-0.2, -0.15) is 0 Å². The van der Waals surface area contributed by atoms with Crippen molar-refractivity contribution in [2.75, 3.05) is 0 Å². The van der Waals surface area contributed by atoms with Gasteiger partial charge in [0.05, 0.1) is 26.5 Å². The topological polar surface area (TPSA) is 178 Å². The number of hydrogen-bond donors (Lipinski definition) is 2. The van der Waals surface area contributed by atoms with Gasteiger partial charge in [-0.15, -0.1) is 0 Å². The zero-order chi connectivity index (χ0) is 26.4. The number of allylic oxidation sites excluding steroid dienone is 3. The normalized spacial score (nSPS) is 16.1. The molecule has 1 unspecified atom stereocenters. The van der Waals surface area contributed by atoms with E-state index in [4.69, 9.17) is 23.2 Å². The summed E-state index contributed by atoms with van der Waals surface area (Å²) in [6.07, 6.45) is 0.844. The number of carbonyl (C=O) groups is 2. The van der Waals surface area contributed by atoms with Crippen molar-refractivity contribution in [3.63, 3.8) is 0 Å². The molecule has 0 amide bonds. The number of carboxylic acid groups (broad SMARTS) is 2. The Bertz CT molecular complexity index is 1500. The van der Waals surface area contributed by atoms with Gasteiger partial charge in [0.2, 0.25) is 0 Å². The number of aliphatic hydroxyl groups excluding tert-OH is 1. The van der Waals surface area contributed by atoms with Gasteiger partial charge in [-0.3, -0.25) is 0 Å². The van der Waals surface area contributed by atoms with Gasteiger partial charge in [-0.1, -0.05) is 46.7 Å². The van der Waals surface area contributed by atoms with Crippen LogP contribution in [0.1, 0.15) is 34.0 Å². The fourth-order valence-electron chi connectivity index (χ4n) is 3.66. The van der Waals surface area contributed by atoms with E-state index in [0.29, 0.717) is 0 Å². The zero-order valence-corrected chi connectivity index (χ0v) is 29.3. The molecule has 2 aromatic carbocycles. The number of carboxylic acids is 2. The van der Waals surface area contributed by atoms with E-state index in [1.807, 2.05) is 0 Å². The van der Waals surface area contributed by atoms with Gasteiger partial charge in [0.25, 0.3) is 0 Å². The average Bonchev–Trinajstić information content (AvgIpc) is 2.73. The molecule has 0 saturated heterocycles. The number of carbonyl (C=O) groups excluding carboxylic acids is 1. The van der Waals surface area contributed by atoms with E-state index in [9.17, 15) is 43.0 Å². The van der Waals surface area contributed by atoms with E-state index in [1.165, 1.54) is 26.0 Å². The summed E-state index contributed by atoms with van der Waals surface area (Å²) in [6.45, 7) is 2.76. The molecule has 0 heterocycles. The maximum atomic E-state index is 12.3. The van der Waals surface area contributed by atoms with E-state index in [0.717, 1.165) is 24.3 Å². The number of aliphatic carboxylic acids is 1. The van der Waals surface area contributed by atoms with Gasteiger partial charge in [0.15, 0.2) is 0 Å². The molecule has 0 saturated carbocycles. The maximum Gasteiger partial charge on any atom is 1.00 e. The fraction of sp³-hybridized carbons (Fsp3) is 0.130. The molecule has 0 bridgehead atoms. The quantitative estimate of drug-likeness (QED) is 0.247. The summed E-state index contributed by atoms with van der Waals surface area (Å²) in [5.41, 5.74) is -1.32.